The van der Waals surface area contributed by atoms with Gasteiger partial charge in [-0.05, 0) is 54.7 Å². The molecule has 6 atom stereocenters. The number of anilines is 1. The van der Waals surface area contributed by atoms with Crippen molar-refractivity contribution < 1.29 is 27.6 Å². The van der Waals surface area contributed by atoms with E-state index in [-0.39, 0.29) is 22.5 Å². The third kappa shape index (κ3) is 2.72. The number of imide groups is 1. The van der Waals surface area contributed by atoms with Crippen LogP contribution < -0.4 is 4.90 Å². The Morgan fingerprint density at radius 2 is 1.70 bits per heavy atom. The monoisotopic (exact) mass is 438 g/mol. The lowest BCUT2D eigenvalue weighted by molar-refractivity contribution is -0.171. The Bertz CT molecular complexity index is 972. The second-order valence-corrected chi connectivity index (χ2v) is 8.97. The number of nitrogens with zero attached hydrogens (tertiary/aromatic N) is 2. The fourth-order valence-corrected chi connectivity index (χ4v) is 5.64. The van der Waals surface area contributed by atoms with E-state index < -0.39 is 42.4 Å². The van der Waals surface area contributed by atoms with E-state index in [4.69, 9.17) is 11.6 Å². The summed E-state index contributed by atoms with van der Waals surface area (Å²) in [5, 5.41) is 0.183. The maximum Gasteiger partial charge on any atom is 0.471 e. The summed E-state index contributed by atoms with van der Waals surface area (Å²) in [5.41, 5.74) is 0.508. The van der Waals surface area contributed by atoms with Crippen molar-refractivity contribution in [1.82, 2.24) is 4.90 Å². The quantitative estimate of drug-likeness (QED) is 0.535. The summed E-state index contributed by atoms with van der Waals surface area (Å²) < 4.78 is 39.9. The van der Waals surface area contributed by atoms with Gasteiger partial charge in [0.2, 0.25) is 11.8 Å². The van der Waals surface area contributed by atoms with E-state index in [0.717, 1.165) is 11.3 Å². The van der Waals surface area contributed by atoms with Gasteiger partial charge in [0.25, 0.3) is 0 Å². The van der Waals surface area contributed by atoms with E-state index in [1.807, 2.05) is 12.2 Å². The van der Waals surface area contributed by atoms with E-state index in [1.165, 1.54) is 18.2 Å². The Labute approximate surface area is 175 Å². The van der Waals surface area contributed by atoms with Crippen molar-refractivity contribution in [2.75, 3.05) is 11.6 Å². The SMILES string of the molecule is Cc1ccc(N(CN2C(=O)[C@@H]3[C@H]4C=C[C@@H]([C@@H]5C[C@H]45)[C@@H]3C2=O)C(=O)C(F)(F)F)cc1Cl. The minimum absolute atomic E-state index is 0.0490. The summed E-state index contributed by atoms with van der Waals surface area (Å²) in [6.07, 6.45) is -0.227. The number of benzene rings is 1. The number of allylic oxidation sites excluding steroid dienone is 2. The minimum atomic E-state index is -5.17. The van der Waals surface area contributed by atoms with Crippen molar-refractivity contribution in [3.05, 3.63) is 40.9 Å². The van der Waals surface area contributed by atoms with Gasteiger partial charge in [-0.25, -0.2) is 0 Å². The lowest BCUT2D eigenvalue weighted by Crippen LogP contribution is -2.49. The number of amides is 3. The first-order valence-electron chi connectivity index (χ1n) is 9.78. The van der Waals surface area contributed by atoms with Crippen molar-refractivity contribution in [3.8, 4) is 0 Å². The van der Waals surface area contributed by atoms with E-state index in [1.54, 1.807) is 6.92 Å². The van der Waals surface area contributed by atoms with Crippen LogP contribution in [0, 0.1) is 42.4 Å². The van der Waals surface area contributed by atoms with Crippen LogP contribution in [0.1, 0.15) is 12.0 Å². The topological polar surface area (TPSA) is 57.7 Å². The molecule has 2 bridgehead atoms. The van der Waals surface area contributed by atoms with E-state index >= 15 is 0 Å². The van der Waals surface area contributed by atoms with Gasteiger partial charge < -0.3 is 0 Å². The van der Waals surface area contributed by atoms with Gasteiger partial charge >= 0.3 is 12.1 Å². The molecule has 5 nitrogen and oxygen atoms in total. The molecule has 30 heavy (non-hydrogen) atoms. The average Bonchev–Trinajstić information content (AvgIpc) is 3.47. The molecule has 3 amide bonds. The van der Waals surface area contributed by atoms with Crippen LogP contribution in [0.15, 0.2) is 30.4 Å². The molecule has 2 saturated carbocycles. The summed E-state index contributed by atoms with van der Waals surface area (Å²) in [6.45, 7) is 0.894. The molecule has 1 aromatic carbocycles. The molecule has 1 heterocycles. The molecular weight excluding hydrogens is 421 g/mol. The molecule has 1 saturated heterocycles. The predicted octanol–water partition coefficient (Wildman–Crippen LogP) is 3.55. The summed E-state index contributed by atoms with van der Waals surface area (Å²) in [6, 6.07) is 4.04. The normalized spacial score (nSPS) is 33.6. The number of alkyl halides is 3. The van der Waals surface area contributed by atoms with E-state index in [0.29, 0.717) is 22.3 Å². The van der Waals surface area contributed by atoms with Crippen molar-refractivity contribution >= 4 is 35.0 Å². The first kappa shape index (κ1) is 19.6. The number of rotatable bonds is 3. The Balaban J connectivity index is 1.48. The van der Waals surface area contributed by atoms with Gasteiger partial charge in [0.1, 0.15) is 6.67 Å². The standard InChI is InChI=1S/C21H18ClF3N2O3/c1-9-2-3-10(6-15(9)22)26(20(30)21(23,24)25)8-27-18(28)16-11-4-5-12(14-7-13(11)14)17(16)19(27)29/h2-6,11-14,16-17H,7-8H2,1H3/t11-,12-,13-,14+,16-,17+/m0/s1. The molecule has 158 valence electrons. The molecule has 3 fully saturated rings. The number of carbonyl (C=O) groups is 3. The maximum absolute atomic E-state index is 13.3. The van der Waals surface area contributed by atoms with Gasteiger partial charge in [0.05, 0.1) is 11.8 Å². The van der Waals surface area contributed by atoms with Gasteiger partial charge in [-0.1, -0.05) is 29.8 Å². The van der Waals surface area contributed by atoms with Gasteiger partial charge in [-0.3, -0.25) is 24.2 Å². The van der Waals surface area contributed by atoms with Gasteiger partial charge in [-0.2, -0.15) is 13.2 Å². The van der Waals surface area contributed by atoms with Gasteiger partial charge in [0.15, 0.2) is 0 Å². The number of hydrogen-bond acceptors (Lipinski definition) is 3. The highest BCUT2D eigenvalue weighted by Gasteiger charge is 2.67. The van der Waals surface area contributed by atoms with Gasteiger partial charge in [0, 0.05) is 10.7 Å². The zero-order valence-electron chi connectivity index (χ0n) is 15.9. The molecule has 9 heteroatoms. The molecule has 1 aliphatic heterocycles. The van der Waals surface area contributed by atoms with Crippen molar-refractivity contribution in [3.63, 3.8) is 0 Å². The van der Waals surface area contributed by atoms with Crippen LogP contribution in [0.5, 0.6) is 0 Å². The number of hydrogen-bond donors (Lipinski definition) is 0. The first-order chi connectivity index (χ1) is 14.1. The summed E-state index contributed by atoms with van der Waals surface area (Å²) in [4.78, 5) is 39.6. The lowest BCUT2D eigenvalue weighted by Gasteiger charge is -2.37. The molecule has 0 spiro atoms. The number of halogens is 4. The molecule has 0 unspecified atom stereocenters. The van der Waals surface area contributed by atoms with Crippen LogP contribution in [-0.4, -0.2) is 35.5 Å². The number of likely N-dealkylation sites (tertiary alicyclic amines) is 1. The average molecular weight is 439 g/mol. The van der Waals surface area contributed by atoms with E-state index in [2.05, 4.69) is 0 Å². The van der Waals surface area contributed by atoms with Crippen molar-refractivity contribution in [2.24, 2.45) is 35.5 Å². The minimum Gasteiger partial charge on any atom is -0.286 e. The van der Waals surface area contributed by atoms with Crippen LogP contribution in [0.3, 0.4) is 0 Å². The molecular formula is C21H18ClF3N2O3. The van der Waals surface area contributed by atoms with E-state index in [9.17, 15) is 27.6 Å². The smallest absolute Gasteiger partial charge is 0.286 e. The molecule has 6 rings (SSSR count). The largest absolute Gasteiger partial charge is 0.471 e. The van der Waals surface area contributed by atoms with Crippen LogP contribution in [0.25, 0.3) is 0 Å². The third-order valence-electron chi connectivity index (χ3n) is 6.99. The highest BCUT2D eigenvalue weighted by atomic mass is 35.5. The number of carbonyl (C=O) groups excluding carboxylic acids is 3. The molecule has 0 aromatic heterocycles. The Morgan fingerprint density at radius 3 is 2.20 bits per heavy atom. The fraction of sp³-hybridized carbons (Fsp3) is 0.476. The number of aryl methyl sites for hydroxylation is 1. The van der Waals surface area contributed by atoms with Crippen LogP contribution in [-0.2, 0) is 14.4 Å². The zero-order chi connectivity index (χ0) is 21.5. The predicted molar refractivity (Wildman–Crippen MR) is 101 cm³/mol. The second kappa shape index (κ2) is 6.33. The van der Waals surface area contributed by atoms with Crippen molar-refractivity contribution in [2.45, 2.75) is 19.5 Å². The van der Waals surface area contributed by atoms with Crippen LogP contribution >= 0.6 is 11.6 Å². The first-order valence-corrected chi connectivity index (χ1v) is 10.2. The Hall–Kier alpha value is -2.35. The van der Waals surface area contributed by atoms with Crippen molar-refractivity contribution in [1.29, 1.82) is 0 Å². The molecule has 4 aliphatic carbocycles. The summed E-state index contributed by atoms with van der Waals surface area (Å²) in [5.74, 6) is -3.56. The maximum atomic E-state index is 13.3. The highest BCUT2D eigenvalue weighted by molar-refractivity contribution is 6.31. The van der Waals surface area contributed by atoms with Crippen LogP contribution in [0.4, 0.5) is 18.9 Å². The lowest BCUT2D eigenvalue weighted by atomic mass is 9.63. The Kier molecular flexibility index (Phi) is 4.13. The third-order valence-corrected chi connectivity index (χ3v) is 7.40. The molecule has 0 N–H and O–H groups in total. The van der Waals surface area contributed by atoms with Gasteiger partial charge in [-0.15, -0.1) is 0 Å². The molecule has 1 aromatic rings. The fourth-order valence-electron chi connectivity index (χ4n) is 5.47. The molecule has 0 radical (unpaired) electrons. The second-order valence-electron chi connectivity index (χ2n) is 8.56. The van der Waals surface area contributed by atoms with Crippen LogP contribution in [0.2, 0.25) is 5.02 Å². The molecule has 5 aliphatic rings. The summed E-state index contributed by atoms with van der Waals surface area (Å²) >= 11 is 6.04. The summed E-state index contributed by atoms with van der Waals surface area (Å²) in [7, 11) is 0. The zero-order valence-corrected chi connectivity index (χ0v) is 16.7. The highest BCUT2D eigenvalue weighted by Crippen LogP contribution is 2.65. The Morgan fingerprint density at radius 1 is 1.13 bits per heavy atom.